The molecule has 6 heteroatoms. The van der Waals surface area contributed by atoms with Gasteiger partial charge in [0.1, 0.15) is 18.8 Å². The lowest BCUT2D eigenvalue weighted by atomic mass is 10.3. The zero-order valence-corrected chi connectivity index (χ0v) is 12.8. The van der Waals surface area contributed by atoms with E-state index >= 15 is 0 Å². The van der Waals surface area contributed by atoms with Crippen LogP contribution in [0.2, 0.25) is 0 Å². The number of morpholine rings is 1. The average molecular weight is 304 g/mol. The number of aliphatic imine (C=N–C) groups is 1. The minimum Gasteiger partial charge on any atom is -0.373 e. The van der Waals surface area contributed by atoms with Crippen LogP contribution in [0.5, 0.6) is 0 Å². The highest BCUT2D eigenvalue weighted by atomic mass is 32.2. The van der Waals surface area contributed by atoms with Crippen LogP contribution < -0.4 is 4.90 Å². The van der Waals surface area contributed by atoms with Crippen molar-refractivity contribution < 1.29 is 14.1 Å². The van der Waals surface area contributed by atoms with Crippen LogP contribution in [0.4, 0.5) is 5.69 Å². The Kier molecular flexibility index (Phi) is 4.36. The topological polar surface area (TPSA) is 44.9 Å². The number of amidine groups is 2. The highest BCUT2D eigenvalue weighted by Crippen LogP contribution is 2.27. The molecule has 0 unspecified atom stereocenters. The number of thioether (sulfide) groups is 1. The molecule has 0 aliphatic carbocycles. The third-order valence-corrected chi connectivity index (χ3v) is 4.46. The van der Waals surface area contributed by atoms with Crippen molar-refractivity contribution in [3.8, 4) is 0 Å². The standard InChI is InChI=1S/C15H18N3O2S/c1-12(19)16-14-11-21-15(17-7-9-20-10-8-17)18(14)13-5-3-2-4-6-13/h2-6H,7-11H2,1H3/q+1. The first-order chi connectivity index (χ1) is 10.3. The van der Waals surface area contributed by atoms with Crippen LogP contribution in [-0.2, 0) is 9.53 Å². The molecule has 0 aromatic heterocycles. The van der Waals surface area contributed by atoms with Crippen LogP contribution in [0.3, 0.4) is 0 Å². The molecule has 5 nitrogen and oxygen atoms in total. The molecule has 1 amide bonds. The molecule has 2 aliphatic rings. The van der Waals surface area contributed by atoms with E-state index in [1.807, 2.05) is 30.3 Å². The summed E-state index contributed by atoms with van der Waals surface area (Å²) >= 11 is 1.73. The number of carbonyl (C=O) groups is 1. The maximum absolute atomic E-state index is 11.4. The molecule has 1 aromatic rings. The summed E-state index contributed by atoms with van der Waals surface area (Å²) in [6, 6.07) is 10.1. The molecule has 1 aromatic carbocycles. The SMILES string of the molecule is CC(=O)N=C1CSC(=[N+]2CCOCC2)N1c1ccccc1. The van der Waals surface area contributed by atoms with E-state index in [4.69, 9.17) is 4.74 Å². The van der Waals surface area contributed by atoms with E-state index in [2.05, 4.69) is 14.5 Å². The number of ether oxygens (including phenoxy) is 1. The second-order valence-electron chi connectivity index (χ2n) is 4.89. The first kappa shape index (κ1) is 14.3. The summed E-state index contributed by atoms with van der Waals surface area (Å²) in [6.45, 7) is 4.73. The number of carbonyl (C=O) groups excluding carboxylic acids is 1. The van der Waals surface area contributed by atoms with Crippen molar-refractivity contribution >= 4 is 34.4 Å². The number of amides is 1. The Morgan fingerprint density at radius 3 is 2.67 bits per heavy atom. The Bertz CT molecular complexity index is 590. The number of nitrogens with zero attached hydrogens (tertiary/aromatic N) is 3. The second-order valence-corrected chi connectivity index (χ2v) is 5.83. The maximum atomic E-state index is 11.4. The third kappa shape index (κ3) is 3.16. The van der Waals surface area contributed by atoms with Gasteiger partial charge in [-0.15, -0.1) is 0 Å². The number of para-hydroxylation sites is 1. The van der Waals surface area contributed by atoms with Gasteiger partial charge in [0.15, 0.2) is 0 Å². The smallest absolute Gasteiger partial charge is 0.320 e. The van der Waals surface area contributed by atoms with E-state index in [-0.39, 0.29) is 5.91 Å². The molecule has 2 heterocycles. The van der Waals surface area contributed by atoms with Crippen molar-refractivity contribution in [3.63, 3.8) is 0 Å². The fourth-order valence-electron chi connectivity index (χ4n) is 2.46. The van der Waals surface area contributed by atoms with Crippen LogP contribution in [0, 0.1) is 0 Å². The number of hydrogen-bond acceptors (Lipinski definition) is 3. The highest BCUT2D eigenvalue weighted by molar-refractivity contribution is 8.15. The minimum absolute atomic E-state index is 0.158. The largest absolute Gasteiger partial charge is 0.373 e. The molecule has 3 rings (SSSR count). The van der Waals surface area contributed by atoms with Crippen molar-refractivity contribution in [2.24, 2.45) is 4.99 Å². The van der Waals surface area contributed by atoms with Gasteiger partial charge in [-0.25, -0.2) is 0 Å². The van der Waals surface area contributed by atoms with Crippen LogP contribution in [-0.4, -0.2) is 53.5 Å². The summed E-state index contributed by atoms with van der Waals surface area (Å²) in [5.41, 5.74) is 1.05. The molecule has 0 saturated carbocycles. The highest BCUT2D eigenvalue weighted by Gasteiger charge is 2.38. The van der Waals surface area contributed by atoms with E-state index in [0.717, 1.165) is 48.7 Å². The van der Waals surface area contributed by atoms with Crippen molar-refractivity contribution in [3.05, 3.63) is 30.3 Å². The number of hydrogen-bond donors (Lipinski definition) is 0. The molecular weight excluding hydrogens is 286 g/mol. The van der Waals surface area contributed by atoms with Crippen LogP contribution in [0.25, 0.3) is 0 Å². The van der Waals surface area contributed by atoms with Crippen molar-refractivity contribution in [2.75, 3.05) is 37.0 Å². The molecule has 0 bridgehead atoms. The molecule has 21 heavy (non-hydrogen) atoms. The summed E-state index contributed by atoms with van der Waals surface area (Å²) in [5, 5.41) is 1.14. The van der Waals surface area contributed by atoms with Crippen molar-refractivity contribution in [1.82, 2.24) is 0 Å². The van der Waals surface area contributed by atoms with Gasteiger partial charge in [-0.05, 0) is 23.9 Å². The third-order valence-electron chi connectivity index (χ3n) is 3.36. The van der Waals surface area contributed by atoms with E-state index < -0.39 is 0 Å². The van der Waals surface area contributed by atoms with E-state index in [9.17, 15) is 4.79 Å². The zero-order chi connectivity index (χ0) is 14.7. The Labute approximate surface area is 128 Å². The summed E-state index contributed by atoms with van der Waals surface area (Å²) in [6.07, 6.45) is 0. The second kappa shape index (κ2) is 6.41. The van der Waals surface area contributed by atoms with Gasteiger partial charge >= 0.3 is 5.17 Å². The number of benzene rings is 1. The quantitative estimate of drug-likeness (QED) is 0.739. The van der Waals surface area contributed by atoms with E-state index in [0.29, 0.717) is 0 Å². The molecule has 2 aliphatic heterocycles. The lowest BCUT2D eigenvalue weighted by Gasteiger charge is -2.19. The first-order valence-electron chi connectivity index (χ1n) is 7.01. The maximum Gasteiger partial charge on any atom is 0.320 e. The Balaban J connectivity index is 2.02. The molecule has 2 saturated heterocycles. The minimum atomic E-state index is -0.158. The number of anilines is 1. The van der Waals surface area contributed by atoms with Crippen molar-refractivity contribution in [1.29, 1.82) is 0 Å². The van der Waals surface area contributed by atoms with Gasteiger partial charge in [-0.3, -0.25) is 9.37 Å². The first-order valence-corrected chi connectivity index (χ1v) is 8.00. The predicted octanol–water partition coefficient (Wildman–Crippen LogP) is 1.58. The van der Waals surface area contributed by atoms with Crippen LogP contribution in [0.15, 0.2) is 35.3 Å². The Hall–Kier alpha value is -1.66. The van der Waals surface area contributed by atoms with E-state index in [1.165, 1.54) is 6.92 Å². The summed E-state index contributed by atoms with van der Waals surface area (Å²) in [4.78, 5) is 17.7. The van der Waals surface area contributed by atoms with Gasteiger partial charge in [0.25, 0.3) is 0 Å². The monoisotopic (exact) mass is 304 g/mol. The fourth-order valence-corrected chi connectivity index (χ4v) is 3.61. The van der Waals surface area contributed by atoms with Crippen LogP contribution >= 0.6 is 11.8 Å². The van der Waals surface area contributed by atoms with Gasteiger partial charge < -0.3 is 4.74 Å². The van der Waals surface area contributed by atoms with Gasteiger partial charge in [-0.1, -0.05) is 18.2 Å². The predicted molar refractivity (Wildman–Crippen MR) is 85.3 cm³/mol. The summed E-state index contributed by atoms with van der Waals surface area (Å²) in [7, 11) is 0. The number of rotatable bonds is 1. The molecule has 0 N–H and O–H groups in total. The van der Waals surface area contributed by atoms with Gasteiger partial charge in [0.2, 0.25) is 11.7 Å². The summed E-state index contributed by atoms with van der Waals surface area (Å²) in [5.74, 6) is 1.37. The zero-order valence-electron chi connectivity index (χ0n) is 12.0. The van der Waals surface area contributed by atoms with Crippen LogP contribution in [0.1, 0.15) is 6.92 Å². The lowest BCUT2D eigenvalue weighted by molar-refractivity contribution is -0.547. The van der Waals surface area contributed by atoms with Gasteiger partial charge in [-0.2, -0.15) is 9.89 Å². The Morgan fingerprint density at radius 1 is 1.29 bits per heavy atom. The fraction of sp³-hybridized carbons (Fsp3) is 0.400. The molecule has 2 fully saturated rings. The van der Waals surface area contributed by atoms with Crippen molar-refractivity contribution in [2.45, 2.75) is 6.92 Å². The van der Waals surface area contributed by atoms with Gasteiger partial charge in [0.05, 0.1) is 19.0 Å². The Morgan fingerprint density at radius 2 is 2.00 bits per heavy atom. The van der Waals surface area contributed by atoms with Gasteiger partial charge in [0, 0.05) is 6.92 Å². The molecular formula is C15H18N3O2S+. The lowest BCUT2D eigenvalue weighted by Crippen LogP contribution is -2.40. The average Bonchev–Trinajstić information content (AvgIpc) is 2.92. The normalized spacial score (nSPS) is 21.2. The molecule has 0 spiro atoms. The molecule has 110 valence electrons. The van der Waals surface area contributed by atoms with E-state index in [1.54, 1.807) is 11.8 Å². The summed E-state index contributed by atoms with van der Waals surface area (Å²) < 4.78 is 7.73. The molecule has 0 atom stereocenters. The molecule has 0 radical (unpaired) electrons.